The number of hydrogen-bond acceptors (Lipinski definition) is 5. The summed E-state index contributed by atoms with van der Waals surface area (Å²) in [5.41, 5.74) is 1.93. The van der Waals surface area contributed by atoms with Crippen LogP contribution in [0.3, 0.4) is 0 Å². The highest BCUT2D eigenvalue weighted by atomic mass is 32.2. The second-order valence-corrected chi connectivity index (χ2v) is 10.4. The number of anilines is 2. The maximum atomic E-state index is 13.7. The highest BCUT2D eigenvalue weighted by Gasteiger charge is 2.41. The quantitative estimate of drug-likeness (QED) is 0.417. The van der Waals surface area contributed by atoms with E-state index in [0.717, 1.165) is 49.3 Å². The fourth-order valence-corrected chi connectivity index (χ4v) is 6.46. The van der Waals surface area contributed by atoms with Gasteiger partial charge in [0.25, 0.3) is 0 Å². The number of carboxylic acids is 1. The number of sulfone groups is 1. The highest BCUT2D eigenvalue weighted by molar-refractivity contribution is 7.91. The van der Waals surface area contributed by atoms with Gasteiger partial charge in [-0.2, -0.15) is 0 Å². The molecule has 7 heteroatoms. The Morgan fingerprint density at radius 2 is 1.94 bits per heavy atom. The molecule has 0 fully saturated rings. The van der Waals surface area contributed by atoms with Crippen LogP contribution in [0.15, 0.2) is 59.7 Å². The van der Waals surface area contributed by atoms with E-state index in [0.29, 0.717) is 18.0 Å². The summed E-state index contributed by atoms with van der Waals surface area (Å²) in [5, 5.41) is 8.82. The van der Waals surface area contributed by atoms with Crippen molar-refractivity contribution in [3.8, 4) is 5.75 Å². The van der Waals surface area contributed by atoms with E-state index >= 15 is 0 Å². The number of carbonyl (C=O) groups is 1. The second-order valence-electron chi connectivity index (χ2n) is 8.48. The van der Waals surface area contributed by atoms with Crippen molar-refractivity contribution in [1.82, 2.24) is 0 Å². The summed E-state index contributed by atoms with van der Waals surface area (Å²) in [5.74, 6) is -0.736. The van der Waals surface area contributed by atoms with Gasteiger partial charge < -0.3 is 14.7 Å². The summed E-state index contributed by atoms with van der Waals surface area (Å²) in [6, 6.07) is 13.2. The molecule has 1 heterocycles. The summed E-state index contributed by atoms with van der Waals surface area (Å²) >= 11 is 0. The molecule has 0 aliphatic carbocycles. The van der Waals surface area contributed by atoms with E-state index in [-0.39, 0.29) is 16.1 Å². The fraction of sp³-hybridized carbons (Fsp3) is 0.400. The van der Waals surface area contributed by atoms with Gasteiger partial charge >= 0.3 is 5.97 Å². The molecule has 3 rings (SSSR count). The van der Waals surface area contributed by atoms with Crippen LogP contribution < -0.4 is 9.64 Å². The number of carboxylic acid groups (broad SMARTS) is 1. The van der Waals surface area contributed by atoms with Crippen molar-refractivity contribution in [1.29, 1.82) is 0 Å². The van der Waals surface area contributed by atoms with Crippen molar-refractivity contribution in [3.63, 3.8) is 0 Å². The van der Waals surface area contributed by atoms with Gasteiger partial charge in [-0.05, 0) is 43.5 Å². The first-order chi connectivity index (χ1) is 15.2. The van der Waals surface area contributed by atoms with Crippen LogP contribution in [0, 0.1) is 12.3 Å². The van der Waals surface area contributed by atoms with Gasteiger partial charge in [-0.25, -0.2) is 13.2 Å². The first-order valence-corrected chi connectivity index (χ1v) is 12.6. The molecule has 0 saturated heterocycles. The van der Waals surface area contributed by atoms with Crippen molar-refractivity contribution < 1.29 is 23.1 Å². The number of rotatable bonds is 8. The number of para-hydroxylation sites is 1. The third-order valence-corrected chi connectivity index (χ3v) is 8.15. The zero-order chi connectivity index (χ0) is 23.4. The van der Waals surface area contributed by atoms with Crippen molar-refractivity contribution in [3.05, 3.63) is 60.4 Å². The Morgan fingerprint density at radius 1 is 1.22 bits per heavy atom. The molecular weight excluding hydrogens is 426 g/mol. The Hall–Kier alpha value is -2.80. The van der Waals surface area contributed by atoms with E-state index in [4.69, 9.17) is 9.84 Å². The first-order valence-electron chi connectivity index (χ1n) is 11.0. The second kappa shape index (κ2) is 9.77. The minimum atomic E-state index is -3.61. The minimum Gasteiger partial charge on any atom is -0.478 e. The number of nitrogens with zero attached hydrogens (tertiary/aromatic N) is 1. The van der Waals surface area contributed by atoms with Crippen molar-refractivity contribution in [2.24, 2.45) is 5.41 Å². The number of benzene rings is 2. The summed E-state index contributed by atoms with van der Waals surface area (Å²) < 4.78 is 32.8. The van der Waals surface area contributed by atoms with Gasteiger partial charge in [0.2, 0.25) is 0 Å². The Labute approximate surface area is 190 Å². The Bertz CT molecular complexity index is 1090. The van der Waals surface area contributed by atoms with Crippen molar-refractivity contribution in [2.75, 3.05) is 17.2 Å². The zero-order valence-electron chi connectivity index (χ0n) is 18.9. The molecule has 0 radical (unpaired) electrons. The number of aryl methyl sites for hydroxylation is 1. The predicted molar refractivity (Wildman–Crippen MR) is 126 cm³/mol. The molecule has 0 unspecified atom stereocenters. The van der Waals surface area contributed by atoms with E-state index in [9.17, 15) is 13.2 Å². The molecule has 0 saturated carbocycles. The molecule has 0 spiro atoms. The molecule has 2 aromatic rings. The lowest BCUT2D eigenvalue weighted by Gasteiger charge is -2.36. The lowest BCUT2D eigenvalue weighted by atomic mass is 9.81. The van der Waals surface area contributed by atoms with Gasteiger partial charge in [-0.3, -0.25) is 0 Å². The van der Waals surface area contributed by atoms with E-state index in [2.05, 4.69) is 18.7 Å². The SMILES string of the molecule is CCCC[C@]1(CC)CN(c2ccccc2)c2cc(C)c(O/C=C/C(=O)O)cc2S(=O)(=O)C1. The molecule has 1 aliphatic rings. The molecule has 0 aromatic heterocycles. The van der Waals surface area contributed by atoms with Crippen molar-refractivity contribution in [2.45, 2.75) is 51.3 Å². The third kappa shape index (κ3) is 5.15. The van der Waals surface area contributed by atoms with Crippen molar-refractivity contribution >= 4 is 27.2 Å². The zero-order valence-corrected chi connectivity index (χ0v) is 19.7. The third-order valence-electron chi connectivity index (χ3n) is 6.16. The Kier molecular flexibility index (Phi) is 7.29. The normalized spacial score (nSPS) is 20.0. The van der Waals surface area contributed by atoms with Crippen LogP contribution in [0.1, 0.15) is 45.1 Å². The van der Waals surface area contributed by atoms with Gasteiger partial charge in [0.15, 0.2) is 9.84 Å². The van der Waals surface area contributed by atoms with E-state index in [1.807, 2.05) is 43.3 Å². The van der Waals surface area contributed by atoms with Gasteiger partial charge in [-0.15, -0.1) is 0 Å². The van der Waals surface area contributed by atoms with Gasteiger partial charge in [-0.1, -0.05) is 44.9 Å². The number of hydrogen-bond donors (Lipinski definition) is 1. The number of ether oxygens (including phenoxy) is 1. The van der Waals surface area contributed by atoms with Gasteiger partial charge in [0.1, 0.15) is 5.75 Å². The van der Waals surface area contributed by atoms with Crippen LogP contribution in [-0.4, -0.2) is 31.8 Å². The Morgan fingerprint density at radius 3 is 2.56 bits per heavy atom. The summed E-state index contributed by atoms with van der Waals surface area (Å²) in [6.45, 7) is 6.63. The molecule has 32 heavy (non-hydrogen) atoms. The van der Waals surface area contributed by atoms with Crippen LogP contribution in [0.5, 0.6) is 5.75 Å². The molecule has 2 aromatic carbocycles. The minimum absolute atomic E-state index is 0.0697. The van der Waals surface area contributed by atoms with Crippen LogP contribution in [-0.2, 0) is 14.6 Å². The lowest BCUT2D eigenvalue weighted by molar-refractivity contribution is -0.131. The van der Waals surface area contributed by atoms with Crippen LogP contribution in [0.25, 0.3) is 0 Å². The molecule has 0 amide bonds. The molecule has 0 bridgehead atoms. The largest absolute Gasteiger partial charge is 0.478 e. The van der Waals surface area contributed by atoms with Crippen LogP contribution in [0.2, 0.25) is 0 Å². The summed E-state index contributed by atoms with van der Waals surface area (Å²) in [7, 11) is -3.61. The first kappa shape index (κ1) is 23.9. The summed E-state index contributed by atoms with van der Waals surface area (Å²) in [6.07, 6.45) is 5.51. The summed E-state index contributed by atoms with van der Waals surface area (Å²) in [4.78, 5) is 13.1. The van der Waals surface area contributed by atoms with Crippen LogP contribution in [0.4, 0.5) is 11.4 Å². The Balaban J connectivity index is 2.19. The predicted octanol–water partition coefficient (Wildman–Crippen LogP) is 5.48. The van der Waals surface area contributed by atoms with Gasteiger partial charge in [0.05, 0.1) is 28.7 Å². The molecule has 1 atom stereocenters. The molecule has 172 valence electrons. The fourth-order valence-electron chi connectivity index (χ4n) is 4.29. The van der Waals surface area contributed by atoms with E-state index < -0.39 is 15.8 Å². The number of fused-ring (bicyclic) bond motifs is 1. The number of unbranched alkanes of at least 4 members (excludes halogenated alkanes) is 1. The molecular formula is C25H31NO5S. The van der Waals surface area contributed by atoms with Gasteiger partial charge in [0, 0.05) is 23.7 Å². The molecule has 6 nitrogen and oxygen atoms in total. The lowest BCUT2D eigenvalue weighted by Crippen LogP contribution is -2.37. The average molecular weight is 458 g/mol. The maximum absolute atomic E-state index is 13.7. The monoisotopic (exact) mass is 457 g/mol. The smallest absolute Gasteiger partial charge is 0.331 e. The van der Waals surface area contributed by atoms with E-state index in [1.165, 1.54) is 6.07 Å². The standard InChI is InChI=1S/C25H31NO5S/c1-4-6-13-25(5-2)17-26(20-10-8-7-9-11-20)21-15-19(3)22(31-14-12-24(27)28)16-23(21)32(29,30)18-25/h7-12,14-16H,4-6,13,17-18H2,1-3H3,(H,27,28)/b14-12+/t25-/m1/s1. The molecule has 1 N–H and O–H groups in total. The highest BCUT2D eigenvalue weighted by Crippen LogP contribution is 2.45. The van der Waals surface area contributed by atoms with Crippen LogP contribution >= 0.6 is 0 Å². The topological polar surface area (TPSA) is 83.9 Å². The molecule has 1 aliphatic heterocycles. The average Bonchev–Trinajstić information content (AvgIpc) is 2.85. The maximum Gasteiger partial charge on any atom is 0.331 e. The number of aliphatic carboxylic acids is 1. The van der Waals surface area contributed by atoms with E-state index in [1.54, 1.807) is 0 Å².